The molecule has 0 aliphatic carbocycles. The Hall–Kier alpha value is -2.92. The summed E-state index contributed by atoms with van der Waals surface area (Å²) in [6, 6.07) is 9.24. The van der Waals surface area contributed by atoms with Gasteiger partial charge in [-0.05, 0) is 63.5 Å². The summed E-state index contributed by atoms with van der Waals surface area (Å²) in [5, 5.41) is 6.68. The van der Waals surface area contributed by atoms with Gasteiger partial charge in [-0.3, -0.25) is 14.5 Å². The molecule has 2 N–H and O–H groups in total. The van der Waals surface area contributed by atoms with Crippen LogP contribution in [0.15, 0.2) is 35.1 Å². The number of carbonyl (C=O) groups excluding carboxylic acids is 2. The van der Waals surface area contributed by atoms with Crippen LogP contribution in [0.3, 0.4) is 0 Å². The van der Waals surface area contributed by atoms with Gasteiger partial charge < -0.3 is 20.1 Å². The van der Waals surface area contributed by atoms with E-state index in [9.17, 15) is 22.8 Å². The summed E-state index contributed by atoms with van der Waals surface area (Å²) in [6.45, 7) is 5.03. The summed E-state index contributed by atoms with van der Waals surface area (Å²) in [6.07, 6.45) is 4.08. The van der Waals surface area contributed by atoms with Gasteiger partial charge in [0.05, 0.1) is 17.0 Å². The Balaban J connectivity index is 1.25. The number of urea groups is 1. The van der Waals surface area contributed by atoms with Gasteiger partial charge in [0.25, 0.3) is 11.5 Å². The molecule has 2 bridgehead atoms. The Morgan fingerprint density at radius 3 is 2.41 bits per heavy atom. The van der Waals surface area contributed by atoms with E-state index in [1.54, 1.807) is 22.6 Å². The van der Waals surface area contributed by atoms with Gasteiger partial charge in [0.2, 0.25) is 0 Å². The standard InChI is InChI=1S/C28H39N5O5S/c1-18(2)33-25-7-5-4-6-19(25)14-24(27(33)35)26(34)30-20-15-21-8-9-22(16-20)31(21)11-12-32(28(36)29-3)23-10-13-39(37,38)17-23/h4-7,14,18,20-23H,8-13,15-17H2,1-3H3,(H,29,36)(H,30,34). The number of piperidine rings is 1. The van der Waals surface area contributed by atoms with Crippen LogP contribution in [0.25, 0.3) is 10.9 Å². The van der Waals surface area contributed by atoms with Crippen molar-refractivity contribution < 1.29 is 18.0 Å². The third kappa shape index (κ3) is 5.56. The fourth-order valence-corrected chi connectivity index (χ4v) is 8.55. The van der Waals surface area contributed by atoms with E-state index in [0.717, 1.165) is 36.6 Å². The Kier molecular flexibility index (Phi) is 7.74. The lowest BCUT2D eigenvalue weighted by molar-refractivity contribution is 0.0804. The maximum Gasteiger partial charge on any atom is 0.317 e. The van der Waals surface area contributed by atoms with E-state index in [-0.39, 0.29) is 64.8 Å². The minimum Gasteiger partial charge on any atom is -0.349 e. The number of hydrogen-bond acceptors (Lipinski definition) is 6. The van der Waals surface area contributed by atoms with E-state index in [2.05, 4.69) is 15.5 Å². The average molecular weight is 558 g/mol. The van der Waals surface area contributed by atoms with Crippen molar-refractivity contribution in [3.63, 3.8) is 0 Å². The molecule has 3 aliphatic rings. The molecule has 0 saturated carbocycles. The highest BCUT2D eigenvalue weighted by atomic mass is 32.2. The Morgan fingerprint density at radius 2 is 1.79 bits per heavy atom. The molecule has 1 aromatic heterocycles. The third-order valence-electron chi connectivity index (χ3n) is 8.65. The van der Waals surface area contributed by atoms with E-state index >= 15 is 0 Å². The van der Waals surface area contributed by atoms with E-state index in [1.807, 2.05) is 38.1 Å². The van der Waals surface area contributed by atoms with Crippen molar-refractivity contribution in [3.8, 4) is 0 Å². The van der Waals surface area contributed by atoms with Crippen LogP contribution in [-0.2, 0) is 9.84 Å². The summed E-state index contributed by atoms with van der Waals surface area (Å²) < 4.78 is 25.7. The summed E-state index contributed by atoms with van der Waals surface area (Å²) in [5.41, 5.74) is 0.719. The van der Waals surface area contributed by atoms with Crippen molar-refractivity contribution in [2.24, 2.45) is 0 Å². The van der Waals surface area contributed by atoms with Gasteiger partial charge in [0.15, 0.2) is 9.84 Å². The van der Waals surface area contributed by atoms with Gasteiger partial charge in [0.1, 0.15) is 5.56 Å². The van der Waals surface area contributed by atoms with Gasteiger partial charge in [-0.25, -0.2) is 13.2 Å². The van der Waals surface area contributed by atoms with Gasteiger partial charge >= 0.3 is 6.03 Å². The number of para-hydroxylation sites is 1. The second kappa shape index (κ2) is 10.9. The highest BCUT2D eigenvalue weighted by Crippen LogP contribution is 2.36. The lowest BCUT2D eigenvalue weighted by Gasteiger charge is -2.40. The van der Waals surface area contributed by atoms with Gasteiger partial charge in [0, 0.05) is 50.3 Å². The van der Waals surface area contributed by atoms with Gasteiger partial charge in [-0.1, -0.05) is 18.2 Å². The monoisotopic (exact) mass is 557 g/mol. The zero-order chi connectivity index (χ0) is 27.9. The first-order valence-corrected chi connectivity index (χ1v) is 15.8. The highest BCUT2D eigenvalue weighted by Gasteiger charge is 2.42. The predicted octanol–water partition coefficient (Wildman–Crippen LogP) is 2.14. The number of aromatic nitrogens is 1. The van der Waals surface area contributed by atoms with Gasteiger partial charge in [-0.2, -0.15) is 0 Å². The normalized spacial score (nSPS) is 26.2. The van der Waals surface area contributed by atoms with Crippen LogP contribution in [0.1, 0.15) is 62.4 Å². The van der Waals surface area contributed by atoms with Crippen LogP contribution >= 0.6 is 0 Å². The Labute approximate surface area is 229 Å². The van der Waals surface area contributed by atoms with Crippen LogP contribution in [0.4, 0.5) is 4.79 Å². The van der Waals surface area contributed by atoms with Crippen LogP contribution in [0, 0.1) is 0 Å². The molecule has 10 nitrogen and oxygen atoms in total. The molecule has 3 atom stereocenters. The first kappa shape index (κ1) is 27.6. The number of fused-ring (bicyclic) bond motifs is 3. The Morgan fingerprint density at radius 1 is 1.10 bits per heavy atom. The number of pyridine rings is 1. The summed E-state index contributed by atoms with van der Waals surface area (Å²) >= 11 is 0. The molecule has 39 heavy (non-hydrogen) atoms. The topological polar surface area (TPSA) is 121 Å². The number of nitrogens with one attached hydrogen (secondary N) is 2. The van der Waals surface area contributed by atoms with E-state index in [1.165, 1.54) is 0 Å². The summed E-state index contributed by atoms with van der Waals surface area (Å²) in [5.74, 6) is -0.179. The maximum absolute atomic E-state index is 13.4. The first-order chi connectivity index (χ1) is 18.6. The second-order valence-electron chi connectivity index (χ2n) is 11.5. The number of benzene rings is 1. The number of nitrogens with zero attached hydrogens (tertiary/aromatic N) is 3. The molecule has 3 unspecified atom stereocenters. The SMILES string of the molecule is CNC(=O)N(CCN1C2CCC1CC(NC(=O)c1cc3ccccc3n(C(C)C)c1=O)C2)C1CCS(=O)(=O)C1. The molecule has 2 aromatic rings. The van der Waals surface area contributed by atoms with E-state index in [0.29, 0.717) is 19.5 Å². The number of sulfone groups is 1. The van der Waals surface area contributed by atoms with Crippen molar-refractivity contribution in [1.82, 2.24) is 25.0 Å². The minimum absolute atomic E-state index is 0.0225. The number of hydrogen-bond donors (Lipinski definition) is 2. The molecule has 0 spiro atoms. The largest absolute Gasteiger partial charge is 0.349 e. The molecule has 3 fully saturated rings. The number of amides is 3. The van der Waals surface area contributed by atoms with Crippen LogP contribution < -0.4 is 16.2 Å². The van der Waals surface area contributed by atoms with Crippen LogP contribution in [-0.4, -0.2) is 90.5 Å². The Bertz CT molecular complexity index is 1410. The van der Waals surface area contributed by atoms with Crippen molar-refractivity contribution >= 4 is 32.7 Å². The van der Waals surface area contributed by atoms with Crippen molar-refractivity contribution in [2.45, 2.75) is 76.2 Å². The number of rotatable bonds is 7. The summed E-state index contributed by atoms with van der Waals surface area (Å²) in [7, 11) is -1.53. The zero-order valence-electron chi connectivity index (χ0n) is 22.9. The highest BCUT2D eigenvalue weighted by molar-refractivity contribution is 7.91. The molecule has 3 saturated heterocycles. The fraction of sp³-hybridized carbons (Fsp3) is 0.607. The van der Waals surface area contributed by atoms with Crippen LogP contribution in [0.2, 0.25) is 0 Å². The molecule has 1 aromatic carbocycles. The van der Waals surface area contributed by atoms with E-state index in [4.69, 9.17) is 0 Å². The molecule has 212 valence electrons. The molecule has 3 aliphatic heterocycles. The molecule has 3 amide bonds. The number of carbonyl (C=O) groups is 2. The van der Waals surface area contributed by atoms with Crippen LogP contribution in [0.5, 0.6) is 0 Å². The van der Waals surface area contributed by atoms with Gasteiger partial charge in [-0.15, -0.1) is 0 Å². The second-order valence-corrected chi connectivity index (χ2v) is 13.7. The molecule has 4 heterocycles. The average Bonchev–Trinajstić information content (AvgIpc) is 3.37. The van der Waals surface area contributed by atoms with Crippen molar-refractivity contribution in [2.75, 3.05) is 31.6 Å². The van der Waals surface area contributed by atoms with E-state index < -0.39 is 9.84 Å². The smallest absolute Gasteiger partial charge is 0.317 e. The summed E-state index contributed by atoms with van der Waals surface area (Å²) in [4.78, 5) is 43.3. The minimum atomic E-state index is -3.10. The third-order valence-corrected chi connectivity index (χ3v) is 10.4. The maximum atomic E-state index is 13.4. The predicted molar refractivity (Wildman–Crippen MR) is 151 cm³/mol. The lowest BCUT2D eigenvalue weighted by Crippen LogP contribution is -2.54. The molecule has 5 rings (SSSR count). The fourth-order valence-electron chi connectivity index (χ4n) is 6.82. The van der Waals surface area contributed by atoms with Crippen molar-refractivity contribution in [1.29, 1.82) is 0 Å². The first-order valence-electron chi connectivity index (χ1n) is 14.0. The lowest BCUT2D eigenvalue weighted by atomic mass is 9.96. The molecule has 11 heteroatoms. The quantitative estimate of drug-likeness (QED) is 0.538. The molecular formula is C28H39N5O5S. The molecule has 0 radical (unpaired) electrons. The molecular weight excluding hydrogens is 518 g/mol. The van der Waals surface area contributed by atoms with Crippen molar-refractivity contribution in [3.05, 3.63) is 46.2 Å². The zero-order valence-corrected chi connectivity index (χ0v) is 23.7.